The molecule has 0 bridgehead atoms. The van der Waals surface area contributed by atoms with Gasteiger partial charge >= 0.3 is 12.5 Å². The molecule has 2 saturated heterocycles. The molecule has 0 spiro atoms. The number of aromatic nitrogens is 2. The number of nitrogen functional groups attached to an aromatic ring is 1. The van der Waals surface area contributed by atoms with Crippen molar-refractivity contribution in [2.45, 2.75) is 57.6 Å². The van der Waals surface area contributed by atoms with Crippen LogP contribution in [0, 0.1) is 5.82 Å². The molecule has 1 unspecified atom stereocenters. The lowest BCUT2D eigenvalue weighted by Crippen LogP contribution is -2.44. The Labute approximate surface area is 245 Å². The number of carbonyl (C=O) groups excluding carboxylic acids is 2. The van der Waals surface area contributed by atoms with E-state index in [1.807, 2.05) is 0 Å². The predicted molar refractivity (Wildman–Crippen MR) is 148 cm³/mol. The number of anilines is 1. The summed E-state index contributed by atoms with van der Waals surface area (Å²) >= 11 is 0. The van der Waals surface area contributed by atoms with Gasteiger partial charge in [-0.15, -0.1) is 13.2 Å². The lowest BCUT2D eigenvalue weighted by atomic mass is 9.87. The second kappa shape index (κ2) is 11.5. The van der Waals surface area contributed by atoms with Crippen LogP contribution in [0.3, 0.4) is 0 Å². The number of likely N-dealkylation sites (tertiary alicyclic amines) is 1. The predicted octanol–water partition coefficient (Wildman–Crippen LogP) is 5.51. The van der Waals surface area contributed by atoms with E-state index in [9.17, 15) is 22.8 Å². The zero-order valence-corrected chi connectivity index (χ0v) is 24.0. The number of alkyl halides is 3. The highest BCUT2D eigenvalue weighted by Crippen LogP contribution is 2.37. The van der Waals surface area contributed by atoms with Crippen molar-refractivity contribution in [1.29, 1.82) is 0 Å². The summed E-state index contributed by atoms with van der Waals surface area (Å²) in [5.74, 6) is -1.63. The van der Waals surface area contributed by atoms with Crippen LogP contribution in [0.25, 0.3) is 11.0 Å². The maximum absolute atomic E-state index is 15.2. The molecule has 232 valence electrons. The van der Waals surface area contributed by atoms with Crippen molar-refractivity contribution in [2.75, 3.05) is 38.5 Å². The minimum atomic E-state index is -4.88. The van der Waals surface area contributed by atoms with Gasteiger partial charge in [0.25, 0.3) is 5.91 Å². The van der Waals surface area contributed by atoms with Crippen LogP contribution in [-0.2, 0) is 9.47 Å². The first-order valence-corrected chi connectivity index (χ1v) is 13.9. The Hall–Kier alpha value is -4.07. The molecule has 0 saturated carbocycles. The van der Waals surface area contributed by atoms with Gasteiger partial charge in [-0.25, -0.2) is 14.2 Å². The standard InChI is InChI=1S/C29H33F4N5O5/c1-28(2,3)43-27(40)38-10-11-41-23(15-38)22-13-19-24(20(30)14-35-25(19)36-22)16-6-8-37(9-7-16)26(39)18-5-4-17(12-21(18)34)42-29(31,32)33/h4-5,12-14,16,23H,6-11,15,34H2,1-3H3,(H,35,36). The molecule has 2 aliphatic rings. The molecule has 2 aliphatic heterocycles. The largest absolute Gasteiger partial charge is 0.573 e. The minimum absolute atomic E-state index is 0.0636. The Morgan fingerprint density at radius 3 is 2.47 bits per heavy atom. The summed E-state index contributed by atoms with van der Waals surface area (Å²) in [6, 6.07) is 5.00. The number of rotatable bonds is 4. The van der Waals surface area contributed by atoms with Crippen molar-refractivity contribution in [1.82, 2.24) is 19.8 Å². The van der Waals surface area contributed by atoms with Gasteiger partial charge < -0.3 is 34.7 Å². The van der Waals surface area contributed by atoms with Gasteiger partial charge in [0, 0.05) is 48.0 Å². The normalized spacial score (nSPS) is 18.6. The minimum Gasteiger partial charge on any atom is -0.444 e. The highest BCUT2D eigenvalue weighted by atomic mass is 19.4. The smallest absolute Gasteiger partial charge is 0.444 e. The molecule has 14 heteroatoms. The van der Waals surface area contributed by atoms with E-state index in [1.54, 1.807) is 36.6 Å². The van der Waals surface area contributed by atoms with E-state index in [2.05, 4.69) is 14.7 Å². The Morgan fingerprint density at radius 2 is 1.81 bits per heavy atom. The third kappa shape index (κ3) is 6.95. The van der Waals surface area contributed by atoms with Crippen molar-refractivity contribution in [3.8, 4) is 5.75 Å². The molecule has 1 atom stereocenters. The number of fused-ring (bicyclic) bond motifs is 1. The number of aromatic amines is 1. The number of nitrogens with two attached hydrogens (primary N) is 1. The topological polar surface area (TPSA) is 123 Å². The number of piperidine rings is 1. The maximum Gasteiger partial charge on any atom is 0.573 e. The van der Waals surface area contributed by atoms with E-state index in [4.69, 9.17) is 15.2 Å². The third-order valence-corrected chi connectivity index (χ3v) is 7.41. The molecular weight excluding hydrogens is 574 g/mol. The van der Waals surface area contributed by atoms with Crippen molar-refractivity contribution in [3.05, 3.63) is 53.1 Å². The fourth-order valence-corrected chi connectivity index (χ4v) is 5.48. The van der Waals surface area contributed by atoms with Gasteiger partial charge in [-0.05, 0) is 57.7 Å². The number of H-pyrrole nitrogens is 1. The van der Waals surface area contributed by atoms with E-state index in [1.165, 1.54) is 6.07 Å². The van der Waals surface area contributed by atoms with Crippen LogP contribution >= 0.6 is 0 Å². The summed E-state index contributed by atoms with van der Waals surface area (Å²) in [6.07, 6.45) is -3.74. The number of hydrogen-bond acceptors (Lipinski definition) is 7. The first-order valence-electron chi connectivity index (χ1n) is 13.9. The molecule has 2 fully saturated rings. The average Bonchev–Trinajstić information content (AvgIpc) is 3.36. The van der Waals surface area contributed by atoms with E-state index < -0.39 is 41.6 Å². The van der Waals surface area contributed by atoms with Gasteiger partial charge in [0.1, 0.15) is 28.9 Å². The number of morpholine rings is 1. The molecule has 2 amide bonds. The molecule has 2 aromatic heterocycles. The number of benzene rings is 1. The quantitative estimate of drug-likeness (QED) is 0.296. The number of amides is 2. The van der Waals surface area contributed by atoms with Crippen LogP contribution in [0.4, 0.5) is 28.0 Å². The summed E-state index contributed by atoms with van der Waals surface area (Å²) in [6.45, 7) is 6.93. The van der Waals surface area contributed by atoms with E-state index in [-0.39, 0.29) is 23.7 Å². The summed E-state index contributed by atoms with van der Waals surface area (Å²) < 4.78 is 68.1. The van der Waals surface area contributed by atoms with Crippen molar-refractivity contribution < 1.29 is 41.4 Å². The van der Waals surface area contributed by atoms with Crippen molar-refractivity contribution in [3.63, 3.8) is 0 Å². The van der Waals surface area contributed by atoms with Crippen LogP contribution in [0.15, 0.2) is 30.5 Å². The maximum atomic E-state index is 15.2. The van der Waals surface area contributed by atoms with Crippen LogP contribution in [0.1, 0.15) is 67.3 Å². The molecule has 3 N–H and O–H groups in total. The molecule has 5 rings (SSSR count). The van der Waals surface area contributed by atoms with Crippen LogP contribution in [-0.4, -0.2) is 76.5 Å². The van der Waals surface area contributed by atoms with Crippen LogP contribution in [0.2, 0.25) is 0 Å². The van der Waals surface area contributed by atoms with Gasteiger partial charge in [-0.2, -0.15) is 0 Å². The lowest BCUT2D eigenvalue weighted by molar-refractivity contribution is -0.274. The molecule has 3 aromatic rings. The Morgan fingerprint density at radius 1 is 1.09 bits per heavy atom. The fraction of sp³-hybridized carbons (Fsp3) is 0.483. The van der Waals surface area contributed by atoms with Crippen molar-refractivity contribution in [2.24, 2.45) is 0 Å². The second-order valence-electron chi connectivity index (χ2n) is 11.7. The summed E-state index contributed by atoms with van der Waals surface area (Å²) in [7, 11) is 0. The number of halogens is 4. The summed E-state index contributed by atoms with van der Waals surface area (Å²) in [4.78, 5) is 36.3. The highest BCUT2D eigenvalue weighted by molar-refractivity contribution is 5.99. The zero-order chi connectivity index (χ0) is 31.1. The Kier molecular flexibility index (Phi) is 8.16. The van der Waals surface area contributed by atoms with Crippen LogP contribution < -0.4 is 10.5 Å². The highest BCUT2D eigenvalue weighted by Gasteiger charge is 2.34. The van der Waals surface area contributed by atoms with Gasteiger partial charge in [0.15, 0.2) is 0 Å². The number of nitrogens with one attached hydrogen (secondary N) is 1. The molecule has 0 aliphatic carbocycles. The second-order valence-corrected chi connectivity index (χ2v) is 11.7. The monoisotopic (exact) mass is 607 g/mol. The molecule has 1 aromatic carbocycles. The zero-order valence-electron chi connectivity index (χ0n) is 24.0. The first-order chi connectivity index (χ1) is 20.2. The number of hydrogen-bond donors (Lipinski definition) is 2. The first kappa shape index (κ1) is 30.4. The van der Waals surface area contributed by atoms with Crippen LogP contribution in [0.5, 0.6) is 5.75 Å². The van der Waals surface area contributed by atoms with Gasteiger partial charge in [0.05, 0.1) is 24.9 Å². The summed E-state index contributed by atoms with van der Waals surface area (Å²) in [5.41, 5.74) is 6.79. The summed E-state index contributed by atoms with van der Waals surface area (Å²) in [5, 5.41) is 0.599. The molecule has 0 radical (unpaired) electrons. The Bertz CT molecular complexity index is 1510. The number of ether oxygens (including phenoxy) is 3. The number of nitrogens with zero attached hydrogens (tertiary/aromatic N) is 3. The lowest BCUT2D eigenvalue weighted by Gasteiger charge is -2.33. The molecule has 10 nitrogen and oxygen atoms in total. The molecule has 43 heavy (non-hydrogen) atoms. The molecular formula is C29H33F4N5O5. The van der Waals surface area contributed by atoms with Crippen molar-refractivity contribution >= 4 is 28.7 Å². The number of carbonyl (C=O) groups is 2. The van der Waals surface area contributed by atoms with Gasteiger partial charge in [-0.3, -0.25) is 4.79 Å². The van der Waals surface area contributed by atoms with Gasteiger partial charge in [0.2, 0.25) is 0 Å². The average molecular weight is 608 g/mol. The third-order valence-electron chi connectivity index (χ3n) is 7.41. The fourth-order valence-electron chi connectivity index (χ4n) is 5.48. The van der Waals surface area contributed by atoms with E-state index in [0.29, 0.717) is 61.4 Å². The molecule has 4 heterocycles. The van der Waals surface area contributed by atoms with E-state index in [0.717, 1.165) is 18.3 Å². The Balaban J connectivity index is 1.29. The van der Waals surface area contributed by atoms with E-state index >= 15 is 4.39 Å². The van der Waals surface area contributed by atoms with Gasteiger partial charge in [-0.1, -0.05) is 0 Å². The number of pyridine rings is 1. The SMILES string of the molecule is CC(C)(C)OC(=O)N1CCOC(c2cc3c(C4CCN(C(=O)c5ccc(OC(F)(F)F)cc5N)CC4)c(F)cnc3[nH]2)C1.